The fourth-order valence-corrected chi connectivity index (χ4v) is 6.26. The molecule has 17 heteroatoms. The summed E-state index contributed by atoms with van der Waals surface area (Å²) < 4.78 is 14.4. The molecule has 0 unspecified atom stereocenters. The number of pyridine rings is 4. The van der Waals surface area contributed by atoms with E-state index in [-0.39, 0.29) is 40.9 Å². The van der Waals surface area contributed by atoms with Gasteiger partial charge in [-0.15, -0.1) is 0 Å². The largest absolute Gasteiger partial charge is 0.451 e. The Bertz CT molecular complexity index is 2780. The van der Waals surface area contributed by atoms with E-state index >= 15 is 0 Å². The molecule has 8 rings (SSSR count). The summed E-state index contributed by atoms with van der Waals surface area (Å²) in [7, 11) is 0. The summed E-state index contributed by atoms with van der Waals surface area (Å²) in [5, 5.41) is 34.8. The number of halogens is 3. The van der Waals surface area contributed by atoms with E-state index in [1.807, 2.05) is 30.3 Å². The smallest absolute Gasteiger partial charge is 0.295 e. The molecule has 0 bridgehead atoms. The summed E-state index contributed by atoms with van der Waals surface area (Å²) in [6.45, 7) is 2.30. The molecule has 0 amide bonds. The Morgan fingerprint density at radius 2 is 1.16 bits per heavy atom. The van der Waals surface area contributed by atoms with Gasteiger partial charge in [0.25, 0.3) is 11.1 Å². The third-order valence-corrected chi connectivity index (χ3v) is 9.04. The molecule has 276 valence electrons. The van der Waals surface area contributed by atoms with Crippen LogP contribution in [0.15, 0.2) is 107 Å². The number of aromatic nitrogens is 8. The van der Waals surface area contributed by atoms with Crippen LogP contribution in [0.4, 0.5) is 0 Å². The molecule has 2 aromatic carbocycles. The topological polar surface area (TPSA) is 193 Å². The van der Waals surface area contributed by atoms with Crippen LogP contribution >= 0.6 is 34.8 Å². The molecule has 56 heavy (non-hydrogen) atoms. The van der Waals surface area contributed by atoms with Gasteiger partial charge in [0.15, 0.2) is 17.0 Å². The maximum Gasteiger partial charge on any atom is 0.295 e. The molecule has 0 saturated carbocycles. The Kier molecular flexibility index (Phi) is 10.8. The monoisotopic (exact) mass is 802 g/mol. The second-order valence-corrected chi connectivity index (χ2v) is 13.4. The molecule has 0 radical (unpaired) electrons. The molecule has 8 aromatic rings. The lowest BCUT2D eigenvalue weighted by atomic mass is 10.2. The predicted octanol–water partition coefficient (Wildman–Crippen LogP) is 7.93. The Hall–Kier alpha value is -6.97. The zero-order chi connectivity index (χ0) is 39.3. The summed E-state index contributed by atoms with van der Waals surface area (Å²) >= 11 is 18.2. The van der Waals surface area contributed by atoms with E-state index in [2.05, 4.69) is 30.4 Å². The summed E-state index contributed by atoms with van der Waals surface area (Å²) in [6.07, 6.45) is 6.58. The van der Waals surface area contributed by atoms with Crippen molar-refractivity contribution in [2.75, 3.05) is 0 Å². The third-order valence-electron chi connectivity index (χ3n) is 8.31. The number of ether oxygens (including phenoxy) is 2. The van der Waals surface area contributed by atoms with Crippen molar-refractivity contribution in [1.29, 1.82) is 10.5 Å². The molecule has 0 fully saturated rings. The summed E-state index contributed by atoms with van der Waals surface area (Å²) in [5.41, 5.74) is 3.27. The van der Waals surface area contributed by atoms with E-state index in [0.29, 0.717) is 43.8 Å². The van der Waals surface area contributed by atoms with Crippen LogP contribution in [0.5, 0.6) is 23.0 Å². The van der Waals surface area contributed by atoms with Gasteiger partial charge in [-0.2, -0.15) is 20.7 Å². The average Bonchev–Trinajstić information content (AvgIpc) is 3.81. The normalized spacial score (nSPS) is 10.8. The number of aryl methyl sites for hydroxylation is 1. The van der Waals surface area contributed by atoms with Crippen molar-refractivity contribution in [1.82, 2.24) is 39.5 Å². The number of hydrogen-bond acceptors (Lipinski definition) is 10. The van der Waals surface area contributed by atoms with E-state index in [0.717, 1.165) is 22.2 Å². The minimum absolute atomic E-state index is 0.0581. The van der Waals surface area contributed by atoms with Gasteiger partial charge < -0.3 is 18.6 Å². The zero-order valence-electron chi connectivity index (χ0n) is 29.0. The van der Waals surface area contributed by atoms with Crippen LogP contribution in [-0.4, -0.2) is 39.5 Å². The minimum atomic E-state index is -0.433. The second-order valence-electron chi connectivity index (χ2n) is 12.1. The SMILES string of the molecule is Cc1ccn(Cc2[nH]nc3ncccc23)c(=O)c1Oc1cc(Cl)cc(C#N)c1.N#Cc1cc(Cl)cc(Oc2c(Cl)ccn(Cc3[nH]nc4ncccc34)c2=O)c1. The summed E-state index contributed by atoms with van der Waals surface area (Å²) in [4.78, 5) is 34.2. The first-order valence-electron chi connectivity index (χ1n) is 16.5. The van der Waals surface area contributed by atoms with Crippen LogP contribution in [0.2, 0.25) is 15.1 Å². The van der Waals surface area contributed by atoms with Crippen LogP contribution in [0.1, 0.15) is 28.1 Å². The van der Waals surface area contributed by atoms with Gasteiger partial charge in [0.2, 0.25) is 5.75 Å². The summed E-state index contributed by atoms with van der Waals surface area (Å²) in [6, 6.07) is 23.8. The fraction of sp³-hybridized carbons (Fsp3) is 0.0769. The van der Waals surface area contributed by atoms with E-state index in [4.69, 9.17) is 54.8 Å². The average molecular weight is 804 g/mol. The molecule has 14 nitrogen and oxygen atoms in total. The molecule has 0 aliphatic rings. The van der Waals surface area contributed by atoms with Crippen LogP contribution in [0, 0.1) is 29.6 Å². The number of nitrogens with zero attached hydrogens (tertiary/aromatic N) is 8. The lowest BCUT2D eigenvalue weighted by molar-refractivity contribution is 0.463. The van der Waals surface area contributed by atoms with Gasteiger partial charge in [0.1, 0.15) is 11.5 Å². The van der Waals surface area contributed by atoms with Crippen molar-refractivity contribution < 1.29 is 9.47 Å². The maximum absolute atomic E-state index is 13.0. The van der Waals surface area contributed by atoms with Crippen molar-refractivity contribution in [2.24, 2.45) is 0 Å². The lowest BCUT2D eigenvalue weighted by Gasteiger charge is -2.12. The number of fused-ring (bicyclic) bond motifs is 2. The minimum Gasteiger partial charge on any atom is -0.451 e. The van der Waals surface area contributed by atoms with E-state index < -0.39 is 5.56 Å². The lowest BCUT2D eigenvalue weighted by Crippen LogP contribution is -2.22. The second kappa shape index (κ2) is 16.2. The van der Waals surface area contributed by atoms with Crippen molar-refractivity contribution >= 4 is 56.9 Å². The van der Waals surface area contributed by atoms with E-state index in [1.165, 1.54) is 39.5 Å². The van der Waals surface area contributed by atoms with Crippen LogP contribution < -0.4 is 20.6 Å². The quantitative estimate of drug-likeness (QED) is 0.152. The molecular weight excluding hydrogens is 779 g/mol. The highest BCUT2D eigenvalue weighted by Crippen LogP contribution is 2.29. The maximum atomic E-state index is 13.0. The first-order valence-corrected chi connectivity index (χ1v) is 17.7. The van der Waals surface area contributed by atoms with E-state index in [1.54, 1.807) is 56.0 Å². The standard InChI is InChI=1S/C20H14ClN5O2.C19H11Cl2N5O2/c1-12-4-6-26(11-17-16-3-2-5-23-19(16)25-24-17)20(27)18(12)28-15-8-13(10-22)7-14(21)9-15;20-12-6-11(9-22)7-13(8-12)28-17-15(21)3-5-26(19(17)27)10-16-14-2-1-4-23-18(14)25-24-16/h2-9H,11H2,1H3,(H,23,24,25);1-8H,10H2,(H,23,24,25). The van der Waals surface area contributed by atoms with Crippen LogP contribution in [0.3, 0.4) is 0 Å². The van der Waals surface area contributed by atoms with Crippen molar-refractivity contribution in [3.8, 4) is 35.1 Å². The number of hydrogen-bond donors (Lipinski definition) is 2. The Morgan fingerprint density at radius 3 is 1.68 bits per heavy atom. The Balaban J connectivity index is 0.000000172. The van der Waals surface area contributed by atoms with Gasteiger partial charge in [-0.1, -0.05) is 34.8 Å². The molecule has 6 heterocycles. The number of nitriles is 2. The number of benzene rings is 2. The Labute approximate surface area is 331 Å². The van der Waals surface area contributed by atoms with Gasteiger partial charge in [-0.25, -0.2) is 9.97 Å². The third kappa shape index (κ3) is 8.08. The van der Waals surface area contributed by atoms with Gasteiger partial charge >= 0.3 is 0 Å². The van der Waals surface area contributed by atoms with Crippen LogP contribution in [0.25, 0.3) is 22.1 Å². The molecule has 0 atom stereocenters. The molecule has 6 aromatic heterocycles. The van der Waals surface area contributed by atoms with Gasteiger partial charge in [0, 0.05) is 45.6 Å². The molecule has 2 N–H and O–H groups in total. The fourth-order valence-electron chi connectivity index (χ4n) is 5.64. The number of aromatic amines is 2. The molecule has 0 spiro atoms. The van der Waals surface area contributed by atoms with Crippen molar-refractivity contribution in [3.63, 3.8) is 0 Å². The zero-order valence-corrected chi connectivity index (χ0v) is 31.3. The van der Waals surface area contributed by atoms with Gasteiger partial charge in [-0.05, 0) is 85.3 Å². The first kappa shape index (κ1) is 37.3. The van der Waals surface area contributed by atoms with Crippen molar-refractivity contribution in [3.05, 3.63) is 161 Å². The highest BCUT2D eigenvalue weighted by atomic mass is 35.5. The number of H-pyrrole nitrogens is 2. The highest BCUT2D eigenvalue weighted by molar-refractivity contribution is 6.32. The Morgan fingerprint density at radius 1 is 0.679 bits per heavy atom. The molecule has 0 saturated heterocycles. The van der Waals surface area contributed by atoms with Gasteiger partial charge in [-0.3, -0.25) is 19.8 Å². The summed E-state index contributed by atoms with van der Waals surface area (Å²) in [5.74, 6) is 0.697. The molecule has 0 aliphatic carbocycles. The first-order chi connectivity index (χ1) is 27.1. The van der Waals surface area contributed by atoms with Gasteiger partial charge in [0.05, 0.1) is 52.8 Å². The molecule has 0 aliphatic heterocycles. The highest BCUT2D eigenvalue weighted by Gasteiger charge is 2.16. The number of nitrogens with one attached hydrogen (secondary N) is 2. The molecular formula is C39H25Cl3N10O4. The van der Waals surface area contributed by atoms with Crippen molar-refractivity contribution in [2.45, 2.75) is 20.0 Å². The predicted molar refractivity (Wildman–Crippen MR) is 210 cm³/mol. The van der Waals surface area contributed by atoms with E-state index in [9.17, 15) is 9.59 Å². The van der Waals surface area contributed by atoms with Crippen LogP contribution in [-0.2, 0) is 13.1 Å². The number of rotatable bonds is 8.